The molecule has 8 nitrogen and oxygen atoms in total. The van der Waals surface area contributed by atoms with Gasteiger partial charge in [0.15, 0.2) is 0 Å². The molecule has 1 fully saturated rings. The average Bonchev–Trinajstić information content (AvgIpc) is 3.08. The van der Waals surface area contributed by atoms with Crippen LogP contribution >= 0.6 is 0 Å². The number of hydrogen-bond donors (Lipinski definition) is 0. The summed E-state index contributed by atoms with van der Waals surface area (Å²) < 4.78 is 5.34. The standard InChI is InChI=1S/C19H22N6O2/c1-12(2)15-11-14(16-13(3)23-27-17(16)22-15)18(26)24-7-9-25(10-8-24)19-20-5-4-6-21-19/h4-6,11-12H,7-10H2,1-3H3. The van der Waals surface area contributed by atoms with E-state index in [1.165, 1.54) is 0 Å². The Morgan fingerprint density at radius 1 is 1.15 bits per heavy atom. The third kappa shape index (κ3) is 3.22. The normalized spacial score (nSPS) is 15.0. The molecule has 0 spiro atoms. The lowest BCUT2D eigenvalue weighted by atomic mass is 10.0. The number of carbonyl (C=O) groups excluding carboxylic acids is 1. The fourth-order valence-electron chi connectivity index (χ4n) is 3.31. The third-order valence-corrected chi connectivity index (χ3v) is 4.86. The minimum absolute atomic E-state index is 0.00997. The van der Waals surface area contributed by atoms with E-state index in [9.17, 15) is 4.79 Å². The van der Waals surface area contributed by atoms with Gasteiger partial charge in [0.1, 0.15) is 0 Å². The van der Waals surface area contributed by atoms with Crippen LogP contribution in [0.4, 0.5) is 5.95 Å². The molecule has 0 N–H and O–H groups in total. The van der Waals surface area contributed by atoms with Crippen molar-refractivity contribution in [3.63, 3.8) is 0 Å². The van der Waals surface area contributed by atoms with E-state index in [4.69, 9.17) is 4.52 Å². The second-order valence-electron chi connectivity index (χ2n) is 7.03. The molecule has 0 radical (unpaired) electrons. The Morgan fingerprint density at radius 3 is 2.52 bits per heavy atom. The maximum absolute atomic E-state index is 13.3. The van der Waals surface area contributed by atoms with Gasteiger partial charge in [-0.15, -0.1) is 0 Å². The van der Waals surface area contributed by atoms with Crippen molar-refractivity contribution in [3.05, 3.63) is 41.5 Å². The van der Waals surface area contributed by atoms with E-state index >= 15 is 0 Å². The van der Waals surface area contributed by atoms with Gasteiger partial charge < -0.3 is 14.3 Å². The van der Waals surface area contributed by atoms with Crippen molar-refractivity contribution >= 4 is 23.0 Å². The number of nitrogens with zero attached hydrogens (tertiary/aromatic N) is 6. The van der Waals surface area contributed by atoms with Crippen LogP contribution in [0.3, 0.4) is 0 Å². The van der Waals surface area contributed by atoms with Gasteiger partial charge in [0.2, 0.25) is 5.95 Å². The Balaban J connectivity index is 1.59. The molecular weight excluding hydrogens is 344 g/mol. The molecule has 0 bridgehead atoms. The van der Waals surface area contributed by atoms with Gasteiger partial charge in [-0.3, -0.25) is 4.79 Å². The number of fused-ring (bicyclic) bond motifs is 1. The number of rotatable bonds is 3. The number of carbonyl (C=O) groups is 1. The van der Waals surface area contributed by atoms with Crippen molar-refractivity contribution in [3.8, 4) is 0 Å². The van der Waals surface area contributed by atoms with Crippen LogP contribution in [0, 0.1) is 6.92 Å². The maximum Gasteiger partial charge on any atom is 0.259 e. The molecule has 0 atom stereocenters. The van der Waals surface area contributed by atoms with Crippen molar-refractivity contribution in [1.29, 1.82) is 0 Å². The van der Waals surface area contributed by atoms with Crippen molar-refractivity contribution in [2.24, 2.45) is 0 Å². The molecule has 1 aliphatic rings. The molecule has 0 aromatic carbocycles. The lowest BCUT2D eigenvalue weighted by Crippen LogP contribution is -2.49. The van der Waals surface area contributed by atoms with Crippen molar-refractivity contribution in [2.45, 2.75) is 26.7 Å². The molecule has 4 rings (SSSR count). The van der Waals surface area contributed by atoms with Gasteiger partial charge in [-0.05, 0) is 25.0 Å². The van der Waals surface area contributed by atoms with E-state index < -0.39 is 0 Å². The fraction of sp³-hybridized carbons (Fsp3) is 0.421. The van der Waals surface area contributed by atoms with E-state index in [1.807, 2.05) is 31.7 Å². The number of piperazine rings is 1. The smallest absolute Gasteiger partial charge is 0.259 e. The van der Waals surface area contributed by atoms with Gasteiger partial charge in [-0.25, -0.2) is 15.0 Å². The number of hydrogen-bond acceptors (Lipinski definition) is 7. The maximum atomic E-state index is 13.3. The van der Waals surface area contributed by atoms with Crippen LogP contribution in [0.25, 0.3) is 11.1 Å². The van der Waals surface area contributed by atoms with E-state index in [2.05, 4.69) is 25.0 Å². The predicted octanol–water partition coefficient (Wildman–Crippen LogP) is 2.41. The largest absolute Gasteiger partial charge is 0.337 e. The first-order chi connectivity index (χ1) is 13.0. The molecule has 8 heteroatoms. The van der Waals surface area contributed by atoms with E-state index in [1.54, 1.807) is 18.5 Å². The zero-order chi connectivity index (χ0) is 19.0. The highest BCUT2D eigenvalue weighted by Gasteiger charge is 2.27. The number of anilines is 1. The topological polar surface area (TPSA) is 88.3 Å². The van der Waals surface area contributed by atoms with Gasteiger partial charge in [-0.1, -0.05) is 19.0 Å². The summed E-state index contributed by atoms with van der Waals surface area (Å²) in [5, 5.41) is 4.71. The van der Waals surface area contributed by atoms with Crippen LogP contribution in [0.1, 0.15) is 41.5 Å². The number of amides is 1. The van der Waals surface area contributed by atoms with Gasteiger partial charge in [0.05, 0.1) is 16.6 Å². The average molecular weight is 366 g/mol. The van der Waals surface area contributed by atoms with Crippen LogP contribution in [-0.2, 0) is 0 Å². The highest BCUT2D eigenvalue weighted by Crippen LogP contribution is 2.26. The Hall–Kier alpha value is -3.03. The van der Waals surface area contributed by atoms with E-state index in [-0.39, 0.29) is 11.8 Å². The van der Waals surface area contributed by atoms with Gasteiger partial charge in [0, 0.05) is 44.3 Å². The quantitative estimate of drug-likeness (QED) is 0.703. The molecule has 0 unspecified atom stereocenters. The highest BCUT2D eigenvalue weighted by molar-refractivity contribution is 6.06. The Labute approximate surface area is 157 Å². The molecule has 4 heterocycles. The van der Waals surface area contributed by atoms with Crippen LogP contribution in [0.5, 0.6) is 0 Å². The van der Waals surface area contributed by atoms with Crippen LogP contribution < -0.4 is 4.90 Å². The number of pyridine rings is 1. The van der Waals surface area contributed by atoms with Crippen molar-refractivity contribution in [2.75, 3.05) is 31.1 Å². The summed E-state index contributed by atoms with van der Waals surface area (Å²) in [4.78, 5) is 30.3. The van der Waals surface area contributed by atoms with Crippen LogP contribution in [0.2, 0.25) is 0 Å². The molecule has 0 saturated carbocycles. The Kier molecular flexibility index (Phi) is 4.47. The zero-order valence-corrected chi connectivity index (χ0v) is 15.7. The zero-order valence-electron chi connectivity index (χ0n) is 15.7. The molecule has 1 saturated heterocycles. The second kappa shape index (κ2) is 6.94. The first-order valence-corrected chi connectivity index (χ1v) is 9.12. The first kappa shape index (κ1) is 17.4. The van der Waals surface area contributed by atoms with Crippen molar-refractivity contribution < 1.29 is 9.32 Å². The number of aryl methyl sites for hydroxylation is 1. The lowest BCUT2D eigenvalue weighted by molar-refractivity contribution is 0.0748. The molecular formula is C19H22N6O2. The van der Waals surface area contributed by atoms with Crippen molar-refractivity contribution in [1.82, 2.24) is 25.0 Å². The SMILES string of the molecule is Cc1noc2nc(C(C)C)cc(C(=O)N3CCN(c4ncccn4)CC3)c12. The Morgan fingerprint density at radius 2 is 1.85 bits per heavy atom. The summed E-state index contributed by atoms with van der Waals surface area (Å²) >= 11 is 0. The number of aromatic nitrogens is 4. The molecule has 140 valence electrons. The van der Waals surface area contributed by atoms with Gasteiger partial charge >= 0.3 is 0 Å². The van der Waals surface area contributed by atoms with Crippen LogP contribution in [0.15, 0.2) is 29.0 Å². The molecule has 3 aromatic rings. The molecule has 27 heavy (non-hydrogen) atoms. The minimum Gasteiger partial charge on any atom is -0.337 e. The van der Waals surface area contributed by atoms with E-state index in [0.717, 1.165) is 5.69 Å². The first-order valence-electron chi connectivity index (χ1n) is 9.12. The minimum atomic E-state index is -0.00997. The molecule has 3 aromatic heterocycles. The lowest BCUT2D eigenvalue weighted by Gasteiger charge is -2.34. The summed E-state index contributed by atoms with van der Waals surface area (Å²) in [5.41, 5.74) is 2.57. The summed E-state index contributed by atoms with van der Waals surface area (Å²) in [5.74, 6) is 0.885. The Bertz CT molecular complexity index is 961. The van der Waals surface area contributed by atoms with Gasteiger partial charge in [-0.2, -0.15) is 0 Å². The second-order valence-corrected chi connectivity index (χ2v) is 7.03. The summed E-state index contributed by atoms with van der Waals surface area (Å²) in [6, 6.07) is 3.68. The summed E-state index contributed by atoms with van der Waals surface area (Å²) in [6.07, 6.45) is 3.46. The summed E-state index contributed by atoms with van der Waals surface area (Å²) in [7, 11) is 0. The monoisotopic (exact) mass is 366 g/mol. The molecule has 1 aliphatic heterocycles. The summed E-state index contributed by atoms with van der Waals surface area (Å²) in [6.45, 7) is 8.55. The van der Waals surface area contributed by atoms with Crippen LogP contribution in [-0.4, -0.2) is 57.1 Å². The molecule has 0 aliphatic carbocycles. The van der Waals surface area contributed by atoms with E-state index in [0.29, 0.717) is 54.5 Å². The fourth-order valence-corrected chi connectivity index (χ4v) is 3.31. The predicted molar refractivity (Wildman–Crippen MR) is 101 cm³/mol. The van der Waals surface area contributed by atoms with Gasteiger partial charge in [0.25, 0.3) is 11.6 Å². The molecule has 1 amide bonds. The third-order valence-electron chi connectivity index (χ3n) is 4.86. The highest BCUT2D eigenvalue weighted by atomic mass is 16.5.